The van der Waals surface area contributed by atoms with E-state index >= 15 is 0 Å². The molecule has 18 heavy (non-hydrogen) atoms. The highest BCUT2D eigenvalue weighted by Gasteiger charge is 2.20. The lowest BCUT2D eigenvalue weighted by Crippen LogP contribution is -2.20. The highest BCUT2D eigenvalue weighted by atomic mass is 35.5. The van der Waals surface area contributed by atoms with E-state index < -0.39 is 0 Å². The minimum absolute atomic E-state index is 0.238. The number of benzene rings is 1. The van der Waals surface area contributed by atoms with Gasteiger partial charge in [0.15, 0.2) is 0 Å². The van der Waals surface area contributed by atoms with Gasteiger partial charge in [-0.25, -0.2) is 0 Å². The Bertz CT molecular complexity index is 546. The predicted molar refractivity (Wildman–Crippen MR) is 74.8 cm³/mol. The largest absolute Gasteiger partial charge is 0.319 e. The fourth-order valence-electron chi connectivity index (χ4n) is 2.14. The molecule has 1 aromatic carbocycles. The molecule has 0 spiro atoms. The number of rotatable bonds is 3. The van der Waals surface area contributed by atoms with Crippen molar-refractivity contribution in [2.24, 2.45) is 5.73 Å². The molecule has 1 unspecified atom stereocenters. The molecule has 0 aliphatic heterocycles. The van der Waals surface area contributed by atoms with Gasteiger partial charge in [-0.1, -0.05) is 35.9 Å². The summed E-state index contributed by atoms with van der Waals surface area (Å²) in [6.07, 6.45) is 1.66. The van der Waals surface area contributed by atoms with Gasteiger partial charge in [0, 0.05) is 6.04 Å². The molecule has 2 N–H and O–H groups in total. The van der Waals surface area contributed by atoms with Crippen LogP contribution in [0.1, 0.15) is 42.8 Å². The van der Waals surface area contributed by atoms with Crippen LogP contribution in [0.3, 0.4) is 0 Å². The van der Waals surface area contributed by atoms with E-state index in [2.05, 4.69) is 31.9 Å². The second-order valence-corrected chi connectivity index (χ2v) is 5.16. The molecule has 0 aliphatic rings. The van der Waals surface area contributed by atoms with Gasteiger partial charge in [-0.2, -0.15) is 5.10 Å². The first-order valence-electron chi connectivity index (χ1n) is 6.06. The molecule has 0 bridgehead atoms. The van der Waals surface area contributed by atoms with Gasteiger partial charge >= 0.3 is 0 Å². The normalized spacial score (nSPS) is 13.0. The topological polar surface area (TPSA) is 43.8 Å². The molecule has 1 heterocycles. The molecule has 2 aromatic rings. The van der Waals surface area contributed by atoms with E-state index in [1.54, 1.807) is 6.20 Å². The molecule has 0 radical (unpaired) electrons. The molecule has 0 saturated carbocycles. The summed E-state index contributed by atoms with van der Waals surface area (Å²) in [7, 11) is 0. The number of hydrogen-bond acceptors (Lipinski definition) is 2. The molecule has 4 heteroatoms. The van der Waals surface area contributed by atoms with Crippen molar-refractivity contribution in [1.82, 2.24) is 9.78 Å². The number of nitrogens with two attached hydrogens (primary N) is 1. The summed E-state index contributed by atoms with van der Waals surface area (Å²) in [6, 6.07) is 8.08. The SMILES string of the molecule is Cc1ccccc1C(N)c1c(Cl)cnn1C(C)C. The molecular formula is C14H18ClN3. The average molecular weight is 264 g/mol. The zero-order valence-corrected chi connectivity index (χ0v) is 11.6. The van der Waals surface area contributed by atoms with Crippen molar-refractivity contribution < 1.29 is 0 Å². The maximum Gasteiger partial charge on any atom is 0.0837 e. The molecule has 0 saturated heterocycles. The lowest BCUT2D eigenvalue weighted by Gasteiger charge is -2.19. The first-order valence-corrected chi connectivity index (χ1v) is 6.44. The summed E-state index contributed by atoms with van der Waals surface area (Å²) < 4.78 is 1.89. The average Bonchev–Trinajstić information content (AvgIpc) is 2.71. The van der Waals surface area contributed by atoms with Crippen LogP contribution >= 0.6 is 11.6 Å². The minimum atomic E-state index is -0.247. The molecule has 0 fully saturated rings. The molecule has 1 atom stereocenters. The summed E-state index contributed by atoms with van der Waals surface area (Å²) in [5.74, 6) is 0. The van der Waals surface area contributed by atoms with Gasteiger partial charge in [0.05, 0.1) is 23.0 Å². The van der Waals surface area contributed by atoms with E-state index in [1.807, 2.05) is 22.9 Å². The zero-order valence-electron chi connectivity index (χ0n) is 10.9. The van der Waals surface area contributed by atoms with Crippen LogP contribution < -0.4 is 5.73 Å². The smallest absolute Gasteiger partial charge is 0.0837 e. The summed E-state index contributed by atoms with van der Waals surface area (Å²) >= 11 is 6.22. The van der Waals surface area contributed by atoms with Crippen LogP contribution in [-0.2, 0) is 0 Å². The van der Waals surface area contributed by atoms with Gasteiger partial charge in [0.1, 0.15) is 0 Å². The maximum absolute atomic E-state index is 6.36. The van der Waals surface area contributed by atoms with Crippen LogP contribution in [0.15, 0.2) is 30.5 Å². The maximum atomic E-state index is 6.36. The third-order valence-corrected chi connectivity index (χ3v) is 3.39. The van der Waals surface area contributed by atoms with Crippen molar-refractivity contribution in [3.8, 4) is 0 Å². The summed E-state index contributed by atoms with van der Waals surface area (Å²) in [5, 5.41) is 4.92. The zero-order chi connectivity index (χ0) is 13.3. The van der Waals surface area contributed by atoms with Crippen LogP contribution in [0.5, 0.6) is 0 Å². The van der Waals surface area contributed by atoms with Gasteiger partial charge in [-0.3, -0.25) is 4.68 Å². The van der Waals surface area contributed by atoms with Gasteiger partial charge in [-0.05, 0) is 31.9 Å². The first-order chi connectivity index (χ1) is 8.52. The molecule has 0 aliphatic carbocycles. The minimum Gasteiger partial charge on any atom is -0.319 e. The Kier molecular flexibility index (Phi) is 3.73. The van der Waals surface area contributed by atoms with Gasteiger partial charge < -0.3 is 5.73 Å². The summed E-state index contributed by atoms with van der Waals surface area (Å²) in [5.41, 5.74) is 9.48. The van der Waals surface area contributed by atoms with Gasteiger partial charge in [-0.15, -0.1) is 0 Å². The van der Waals surface area contributed by atoms with Crippen LogP contribution in [0.2, 0.25) is 5.02 Å². The van der Waals surface area contributed by atoms with Crippen molar-refractivity contribution in [2.45, 2.75) is 32.9 Å². The number of nitrogens with zero attached hydrogens (tertiary/aromatic N) is 2. The summed E-state index contributed by atoms with van der Waals surface area (Å²) in [6.45, 7) is 6.19. The third kappa shape index (κ3) is 2.28. The highest BCUT2D eigenvalue weighted by molar-refractivity contribution is 6.31. The second kappa shape index (κ2) is 5.12. The fraction of sp³-hybridized carbons (Fsp3) is 0.357. The van der Waals surface area contributed by atoms with Crippen LogP contribution in [0.4, 0.5) is 0 Å². The molecule has 3 nitrogen and oxygen atoms in total. The first kappa shape index (κ1) is 13.1. The molecule has 0 amide bonds. The van der Waals surface area contributed by atoms with Crippen LogP contribution in [0, 0.1) is 6.92 Å². The molecular weight excluding hydrogens is 246 g/mol. The molecule has 2 rings (SSSR count). The van der Waals surface area contributed by atoms with Crippen molar-refractivity contribution in [3.05, 3.63) is 52.3 Å². The second-order valence-electron chi connectivity index (χ2n) is 4.75. The Labute approximate surface area is 113 Å². The van der Waals surface area contributed by atoms with E-state index in [-0.39, 0.29) is 12.1 Å². The lowest BCUT2D eigenvalue weighted by atomic mass is 9.99. The van der Waals surface area contributed by atoms with E-state index in [9.17, 15) is 0 Å². The number of hydrogen-bond donors (Lipinski definition) is 1. The standard InChI is InChI=1S/C14H18ClN3/c1-9(2)18-14(12(15)8-17-18)13(16)11-7-5-4-6-10(11)3/h4-9,13H,16H2,1-3H3. The number of aromatic nitrogens is 2. The molecule has 1 aromatic heterocycles. The Morgan fingerprint density at radius 2 is 1.94 bits per heavy atom. The lowest BCUT2D eigenvalue weighted by molar-refractivity contribution is 0.499. The van der Waals surface area contributed by atoms with E-state index in [0.717, 1.165) is 16.8 Å². The number of halogens is 1. The summed E-state index contributed by atoms with van der Waals surface area (Å²) in [4.78, 5) is 0. The fourth-order valence-corrected chi connectivity index (χ4v) is 2.38. The number of aryl methyl sites for hydroxylation is 1. The van der Waals surface area contributed by atoms with E-state index in [1.165, 1.54) is 0 Å². The van der Waals surface area contributed by atoms with Gasteiger partial charge in [0.25, 0.3) is 0 Å². The Hall–Kier alpha value is -1.32. The third-order valence-electron chi connectivity index (χ3n) is 3.09. The van der Waals surface area contributed by atoms with Crippen molar-refractivity contribution in [2.75, 3.05) is 0 Å². The monoisotopic (exact) mass is 263 g/mol. The van der Waals surface area contributed by atoms with Crippen molar-refractivity contribution in [3.63, 3.8) is 0 Å². The van der Waals surface area contributed by atoms with Gasteiger partial charge in [0.2, 0.25) is 0 Å². The van der Waals surface area contributed by atoms with Crippen LogP contribution in [-0.4, -0.2) is 9.78 Å². The Balaban J connectivity index is 2.49. The quantitative estimate of drug-likeness (QED) is 0.921. The van der Waals surface area contributed by atoms with Crippen molar-refractivity contribution in [1.29, 1.82) is 0 Å². The van der Waals surface area contributed by atoms with Crippen LogP contribution in [0.25, 0.3) is 0 Å². The van der Waals surface area contributed by atoms with Crippen molar-refractivity contribution >= 4 is 11.6 Å². The van der Waals surface area contributed by atoms with E-state index in [0.29, 0.717) is 5.02 Å². The predicted octanol–water partition coefficient (Wildman–Crippen LogP) is 3.47. The molecule has 96 valence electrons. The van der Waals surface area contributed by atoms with E-state index in [4.69, 9.17) is 17.3 Å². The Morgan fingerprint density at radius 1 is 1.28 bits per heavy atom. The highest BCUT2D eigenvalue weighted by Crippen LogP contribution is 2.29. The Morgan fingerprint density at radius 3 is 2.56 bits per heavy atom.